The number of hydrogen-bond acceptors (Lipinski definition) is 3. The Morgan fingerprint density at radius 3 is 1.92 bits per heavy atom. The van der Waals surface area contributed by atoms with Crippen molar-refractivity contribution in [2.75, 3.05) is 0 Å². The Morgan fingerprint density at radius 1 is 1.08 bits per heavy atom. The number of esters is 2. The summed E-state index contributed by atoms with van der Waals surface area (Å²) in [7, 11) is 0. The van der Waals surface area contributed by atoms with Crippen molar-refractivity contribution in [3.05, 3.63) is 0 Å². The summed E-state index contributed by atoms with van der Waals surface area (Å²) in [5, 5.41) is 0. The fourth-order valence-corrected chi connectivity index (χ4v) is 2.27. The third-order valence-electron chi connectivity index (χ3n) is 3.18. The van der Waals surface area contributed by atoms with Crippen LogP contribution in [-0.4, -0.2) is 11.9 Å². The van der Waals surface area contributed by atoms with E-state index in [2.05, 4.69) is 0 Å². The minimum atomic E-state index is -0.386. The molecule has 1 aliphatic heterocycles. The lowest BCUT2D eigenvalue weighted by Crippen LogP contribution is -2.41. The predicted octanol–water partition coefficient (Wildman–Crippen LogP) is 1.27. The molecule has 0 aromatic rings. The van der Waals surface area contributed by atoms with Gasteiger partial charge in [0.25, 0.3) is 0 Å². The number of rotatable bonds is 0. The molecule has 2 fully saturated rings. The van der Waals surface area contributed by atoms with Crippen LogP contribution in [0.1, 0.15) is 33.1 Å². The third kappa shape index (κ3) is 0.765. The van der Waals surface area contributed by atoms with Crippen LogP contribution < -0.4 is 0 Å². The van der Waals surface area contributed by atoms with E-state index in [-0.39, 0.29) is 22.8 Å². The van der Waals surface area contributed by atoms with E-state index >= 15 is 0 Å². The maximum absolute atomic E-state index is 11.3. The molecule has 0 radical (unpaired) electrons. The van der Waals surface area contributed by atoms with E-state index in [4.69, 9.17) is 4.74 Å². The van der Waals surface area contributed by atoms with Crippen LogP contribution in [0, 0.1) is 10.8 Å². The predicted molar refractivity (Wildman–Crippen MR) is 41.2 cm³/mol. The van der Waals surface area contributed by atoms with E-state index < -0.39 is 0 Å². The lowest BCUT2D eigenvalue weighted by atomic mass is 9.80. The first kappa shape index (κ1) is 7.77. The molecule has 66 valence electrons. The van der Waals surface area contributed by atoms with Crippen molar-refractivity contribution in [3.8, 4) is 0 Å². The Morgan fingerprint density at radius 2 is 1.50 bits per heavy atom. The molecule has 3 heteroatoms. The summed E-state index contributed by atoms with van der Waals surface area (Å²) in [5.41, 5.74) is -0.772. The van der Waals surface area contributed by atoms with E-state index in [0.29, 0.717) is 6.42 Å². The molecule has 0 amide bonds. The van der Waals surface area contributed by atoms with Crippen molar-refractivity contribution in [2.45, 2.75) is 33.1 Å². The fraction of sp³-hybridized carbons (Fsp3) is 0.778. The quantitative estimate of drug-likeness (QED) is 0.404. The molecule has 2 aliphatic rings. The molecular formula is C9H12O3. The van der Waals surface area contributed by atoms with E-state index in [9.17, 15) is 9.59 Å². The molecule has 2 bridgehead atoms. The van der Waals surface area contributed by atoms with E-state index in [1.165, 1.54) is 0 Å². The Hall–Kier alpha value is -0.860. The number of cyclic esters (lactones) is 2. The highest BCUT2D eigenvalue weighted by molar-refractivity contribution is 5.95. The van der Waals surface area contributed by atoms with Crippen LogP contribution in [0.25, 0.3) is 0 Å². The van der Waals surface area contributed by atoms with Gasteiger partial charge in [0.1, 0.15) is 0 Å². The van der Waals surface area contributed by atoms with Crippen molar-refractivity contribution in [1.82, 2.24) is 0 Å². The minimum absolute atomic E-state index is 0.331. The summed E-state index contributed by atoms with van der Waals surface area (Å²) in [6.45, 7) is 3.76. The number of fused-ring (bicyclic) bond motifs is 2. The smallest absolute Gasteiger partial charge is 0.319 e. The Bertz CT molecular complexity index is 245. The molecule has 0 spiro atoms. The first-order chi connectivity index (χ1) is 5.46. The van der Waals surface area contributed by atoms with E-state index in [1.54, 1.807) is 0 Å². The highest BCUT2D eigenvalue weighted by Crippen LogP contribution is 2.53. The first-order valence-electron chi connectivity index (χ1n) is 4.23. The van der Waals surface area contributed by atoms with Crippen LogP contribution in [0.3, 0.4) is 0 Å². The van der Waals surface area contributed by atoms with Gasteiger partial charge in [-0.05, 0) is 33.1 Å². The van der Waals surface area contributed by atoms with Crippen LogP contribution in [0.5, 0.6) is 0 Å². The van der Waals surface area contributed by atoms with Gasteiger partial charge in [-0.2, -0.15) is 0 Å². The Labute approximate surface area is 71.1 Å². The second-order valence-corrected chi connectivity index (χ2v) is 4.48. The number of ether oxygens (including phenoxy) is 1. The van der Waals surface area contributed by atoms with Crippen LogP contribution in [0.4, 0.5) is 0 Å². The monoisotopic (exact) mass is 168 g/mol. The molecule has 1 saturated carbocycles. The van der Waals surface area contributed by atoms with E-state index in [0.717, 1.165) is 12.8 Å². The van der Waals surface area contributed by atoms with Gasteiger partial charge in [-0.15, -0.1) is 0 Å². The molecule has 0 aromatic heterocycles. The van der Waals surface area contributed by atoms with Crippen LogP contribution in [0.15, 0.2) is 0 Å². The summed E-state index contributed by atoms with van der Waals surface area (Å²) in [6.07, 6.45) is 2.24. The first-order valence-corrected chi connectivity index (χ1v) is 4.23. The number of carbonyl (C=O) groups excluding carboxylic acids is 2. The van der Waals surface area contributed by atoms with Gasteiger partial charge in [-0.1, -0.05) is 0 Å². The van der Waals surface area contributed by atoms with Crippen LogP contribution in [-0.2, 0) is 14.3 Å². The average molecular weight is 168 g/mol. The van der Waals surface area contributed by atoms with Gasteiger partial charge in [0.15, 0.2) is 0 Å². The summed E-state index contributed by atoms with van der Waals surface area (Å²) in [4.78, 5) is 22.6. The summed E-state index contributed by atoms with van der Waals surface area (Å²) < 4.78 is 4.70. The van der Waals surface area contributed by atoms with Gasteiger partial charge in [0, 0.05) is 0 Å². The largest absolute Gasteiger partial charge is 0.392 e. The molecule has 2 rings (SSSR count). The zero-order chi connectivity index (χ0) is 8.98. The maximum atomic E-state index is 11.3. The lowest BCUT2D eigenvalue weighted by Gasteiger charge is -2.30. The van der Waals surface area contributed by atoms with Crippen LogP contribution in [0.2, 0.25) is 0 Å². The molecule has 1 aliphatic carbocycles. The van der Waals surface area contributed by atoms with Crippen molar-refractivity contribution in [1.29, 1.82) is 0 Å². The molecule has 0 N–H and O–H groups in total. The van der Waals surface area contributed by atoms with Gasteiger partial charge >= 0.3 is 11.9 Å². The second-order valence-electron chi connectivity index (χ2n) is 4.48. The summed E-state index contributed by atoms with van der Waals surface area (Å²) in [5.74, 6) is -0.662. The maximum Gasteiger partial charge on any atom is 0.319 e. The highest BCUT2D eigenvalue weighted by atomic mass is 16.6. The topological polar surface area (TPSA) is 43.4 Å². The number of hydrogen-bond donors (Lipinski definition) is 0. The van der Waals surface area contributed by atoms with Gasteiger partial charge < -0.3 is 4.74 Å². The molecule has 1 saturated heterocycles. The fourth-order valence-electron chi connectivity index (χ4n) is 2.27. The Kier molecular flexibility index (Phi) is 1.23. The Balaban J connectivity index is 2.40. The second kappa shape index (κ2) is 1.90. The van der Waals surface area contributed by atoms with Crippen molar-refractivity contribution >= 4 is 11.9 Å². The van der Waals surface area contributed by atoms with Gasteiger partial charge in [-0.25, -0.2) is 0 Å². The standard InChI is InChI=1S/C9H12O3/c1-8-3-4-9(2,5-8)7(11)12-6(8)10/h3-5H2,1-2H3. The van der Waals surface area contributed by atoms with Gasteiger partial charge in [0.2, 0.25) is 0 Å². The van der Waals surface area contributed by atoms with Crippen molar-refractivity contribution in [2.24, 2.45) is 10.8 Å². The lowest BCUT2D eigenvalue weighted by molar-refractivity contribution is -0.178. The molecular weight excluding hydrogens is 156 g/mol. The zero-order valence-corrected chi connectivity index (χ0v) is 7.35. The SMILES string of the molecule is CC12CCC(C)(C1)C(=O)OC2=O. The molecule has 0 aromatic carbocycles. The minimum Gasteiger partial charge on any atom is -0.392 e. The molecule has 12 heavy (non-hydrogen) atoms. The molecule has 1 heterocycles. The average Bonchev–Trinajstić information content (AvgIpc) is 2.26. The zero-order valence-electron chi connectivity index (χ0n) is 7.35. The highest BCUT2D eigenvalue weighted by Gasteiger charge is 2.57. The van der Waals surface area contributed by atoms with Gasteiger partial charge in [0.05, 0.1) is 10.8 Å². The third-order valence-corrected chi connectivity index (χ3v) is 3.18. The molecule has 2 atom stereocenters. The van der Waals surface area contributed by atoms with Crippen molar-refractivity contribution < 1.29 is 14.3 Å². The van der Waals surface area contributed by atoms with Gasteiger partial charge in [-0.3, -0.25) is 9.59 Å². The van der Waals surface area contributed by atoms with E-state index in [1.807, 2.05) is 13.8 Å². The van der Waals surface area contributed by atoms with Crippen molar-refractivity contribution in [3.63, 3.8) is 0 Å². The summed E-state index contributed by atoms with van der Waals surface area (Å²) in [6, 6.07) is 0. The normalized spacial score (nSPS) is 46.2. The van der Waals surface area contributed by atoms with Crippen LogP contribution >= 0.6 is 0 Å². The number of carbonyl (C=O) groups is 2. The summed E-state index contributed by atoms with van der Waals surface area (Å²) >= 11 is 0. The molecule has 2 unspecified atom stereocenters. The molecule has 3 nitrogen and oxygen atoms in total.